The van der Waals surface area contributed by atoms with Crippen LogP contribution in [0.5, 0.6) is 0 Å². The number of amides is 1. The molecule has 1 heterocycles. The van der Waals surface area contributed by atoms with Crippen molar-refractivity contribution in [1.29, 1.82) is 0 Å². The highest BCUT2D eigenvalue weighted by Crippen LogP contribution is 2.41. The van der Waals surface area contributed by atoms with Gasteiger partial charge in [0.15, 0.2) is 0 Å². The number of halogens is 1. The molecule has 1 aliphatic carbocycles. The molecule has 1 unspecified atom stereocenters. The quantitative estimate of drug-likeness (QED) is 0.646. The highest BCUT2D eigenvalue weighted by molar-refractivity contribution is 6.30. The molecule has 1 aliphatic rings. The van der Waals surface area contributed by atoms with Crippen LogP contribution in [-0.4, -0.2) is 20.7 Å². The lowest BCUT2D eigenvalue weighted by atomic mass is 9.68. The van der Waals surface area contributed by atoms with Gasteiger partial charge in [0, 0.05) is 5.02 Å². The number of hydrogen-bond donors (Lipinski definition) is 1. The fraction of sp³-hybridized carbons (Fsp3) is 0.348. The van der Waals surface area contributed by atoms with Gasteiger partial charge >= 0.3 is 0 Å². The second kappa shape index (κ2) is 8.37. The van der Waals surface area contributed by atoms with E-state index in [-0.39, 0.29) is 11.9 Å². The number of rotatable bonds is 5. The number of hydrogen-bond acceptors (Lipinski definition) is 3. The van der Waals surface area contributed by atoms with E-state index in [0.717, 1.165) is 42.5 Å². The average Bonchev–Trinajstić information content (AvgIpc) is 3.29. The molecule has 0 saturated heterocycles. The number of carbonyl (C=O) groups is 1. The molecule has 3 aromatic rings. The summed E-state index contributed by atoms with van der Waals surface area (Å²) >= 11 is 6.25. The van der Waals surface area contributed by atoms with E-state index in [1.807, 2.05) is 55.5 Å². The Labute approximate surface area is 176 Å². The Kier molecular flexibility index (Phi) is 5.67. The first-order valence-corrected chi connectivity index (χ1v) is 10.5. The first-order chi connectivity index (χ1) is 14.1. The van der Waals surface area contributed by atoms with Gasteiger partial charge in [0.05, 0.1) is 17.1 Å². The lowest BCUT2D eigenvalue weighted by Crippen LogP contribution is -2.46. The van der Waals surface area contributed by atoms with Crippen LogP contribution in [-0.2, 0) is 10.2 Å². The molecular weight excluding hydrogens is 384 g/mol. The predicted molar refractivity (Wildman–Crippen MR) is 114 cm³/mol. The molecule has 1 N–H and O–H groups in total. The minimum atomic E-state index is -0.502. The van der Waals surface area contributed by atoms with Gasteiger partial charge in [0.25, 0.3) is 0 Å². The minimum Gasteiger partial charge on any atom is -0.349 e. The first kappa shape index (κ1) is 19.6. The van der Waals surface area contributed by atoms with Crippen molar-refractivity contribution in [2.24, 2.45) is 0 Å². The molecule has 1 fully saturated rings. The Hall–Kier alpha value is -2.66. The van der Waals surface area contributed by atoms with Crippen molar-refractivity contribution < 1.29 is 4.79 Å². The maximum atomic E-state index is 13.5. The van der Waals surface area contributed by atoms with Crippen molar-refractivity contribution in [2.75, 3.05) is 0 Å². The Balaban J connectivity index is 1.54. The summed E-state index contributed by atoms with van der Waals surface area (Å²) in [6.45, 7) is 2.02. The van der Waals surface area contributed by atoms with E-state index in [2.05, 4.69) is 15.4 Å². The van der Waals surface area contributed by atoms with Gasteiger partial charge in [-0.1, -0.05) is 55.1 Å². The SMILES string of the molecule is CC(NC(=O)C1(c2cccc(Cl)c2)CCCCC1)c1ccc(-n2cncn2)cc1. The van der Waals surface area contributed by atoms with Crippen LogP contribution in [0.3, 0.4) is 0 Å². The molecule has 1 saturated carbocycles. The van der Waals surface area contributed by atoms with E-state index in [4.69, 9.17) is 11.6 Å². The Morgan fingerprint density at radius 3 is 2.55 bits per heavy atom. The fourth-order valence-electron chi connectivity index (χ4n) is 4.26. The summed E-state index contributed by atoms with van der Waals surface area (Å²) in [5.41, 5.74) is 2.51. The number of nitrogens with one attached hydrogen (secondary N) is 1. The van der Waals surface area contributed by atoms with Crippen molar-refractivity contribution in [3.05, 3.63) is 77.3 Å². The van der Waals surface area contributed by atoms with Gasteiger partial charge in [-0.25, -0.2) is 9.67 Å². The molecule has 1 amide bonds. The van der Waals surface area contributed by atoms with E-state index in [9.17, 15) is 4.79 Å². The van der Waals surface area contributed by atoms with Gasteiger partial charge in [-0.15, -0.1) is 0 Å². The second-order valence-electron chi connectivity index (χ2n) is 7.78. The van der Waals surface area contributed by atoms with Crippen LogP contribution in [0.15, 0.2) is 61.2 Å². The number of nitrogens with zero attached hydrogens (tertiary/aromatic N) is 3. The van der Waals surface area contributed by atoms with Gasteiger partial charge in [0.1, 0.15) is 12.7 Å². The molecule has 4 rings (SSSR count). The first-order valence-electron chi connectivity index (χ1n) is 10.1. The van der Waals surface area contributed by atoms with Gasteiger partial charge in [-0.05, 0) is 55.2 Å². The molecular formula is C23H25ClN4O. The largest absolute Gasteiger partial charge is 0.349 e. The number of carbonyl (C=O) groups excluding carboxylic acids is 1. The van der Waals surface area contributed by atoms with Crippen molar-refractivity contribution in [2.45, 2.75) is 50.5 Å². The maximum absolute atomic E-state index is 13.5. The van der Waals surface area contributed by atoms with Crippen molar-refractivity contribution in [3.8, 4) is 5.69 Å². The smallest absolute Gasteiger partial charge is 0.231 e. The van der Waals surface area contributed by atoms with Crippen molar-refractivity contribution in [1.82, 2.24) is 20.1 Å². The van der Waals surface area contributed by atoms with E-state index in [1.54, 1.807) is 11.0 Å². The topological polar surface area (TPSA) is 59.8 Å². The molecule has 1 atom stereocenters. The molecule has 5 nitrogen and oxygen atoms in total. The monoisotopic (exact) mass is 408 g/mol. The normalized spacial score (nSPS) is 16.9. The molecule has 29 heavy (non-hydrogen) atoms. The molecule has 0 spiro atoms. The van der Waals surface area contributed by atoms with Crippen LogP contribution in [0.1, 0.15) is 56.2 Å². The molecule has 150 valence electrons. The van der Waals surface area contributed by atoms with E-state index >= 15 is 0 Å². The highest BCUT2D eigenvalue weighted by atomic mass is 35.5. The third-order valence-corrected chi connectivity index (χ3v) is 6.18. The van der Waals surface area contributed by atoms with E-state index < -0.39 is 5.41 Å². The summed E-state index contributed by atoms with van der Waals surface area (Å²) in [6, 6.07) is 15.7. The summed E-state index contributed by atoms with van der Waals surface area (Å²) < 4.78 is 1.71. The third-order valence-electron chi connectivity index (χ3n) is 5.94. The Bertz CT molecular complexity index is 963. The summed E-state index contributed by atoms with van der Waals surface area (Å²) in [4.78, 5) is 17.5. The molecule has 1 aromatic heterocycles. The maximum Gasteiger partial charge on any atom is 0.231 e. The Morgan fingerprint density at radius 2 is 1.90 bits per heavy atom. The van der Waals surface area contributed by atoms with Crippen molar-refractivity contribution >= 4 is 17.5 Å². The van der Waals surface area contributed by atoms with Crippen LogP contribution in [0.2, 0.25) is 5.02 Å². The second-order valence-corrected chi connectivity index (χ2v) is 8.22. The zero-order valence-electron chi connectivity index (χ0n) is 16.5. The highest BCUT2D eigenvalue weighted by Gasteiger charge is 2.41. The van der Waals surface area contributed by atoms with Crippen LogP contribution in [0, 0.1) is 0 Å². The molecule has 2 aromatic carbocycles. The van der Waals surface area contributed by atoms with Gasteiger partial charge in [-0.3, -0.25) is 4.79 Å². The zero-order chi connectivity index (χ0) is 20.3. The van der Waals surface area contributed by atoms with Crippen LogP contribution >= 0.6 is 11.6 Å². The van der Waals surface area contributed by atoms with Gasteiger partial charge < -0.3 is 5.32 Å². The van der Waals surface area contributed by atoms with Crippen molar-refractivity contribution in [3.63, 3.8) is 0 Å². The molecule has 6 heteroatoms. The molecule has 0 aliphatic heterocycles. The Morgan fingerprint density at radius 1 is 1.14 bits per heavy atom. The lowest BCUT2D eigenvalue weighted by Gasteiger charge is -2.37. The van der Waals surface area contributed by atoms with E-state index in [0.29, 0.717) is 5.02 Å². The van der Waals surface area contributed by atoms with Crippen LogP contribution in [0.25, 0.3) is 5.69 Å². The number of benzene rings is 2. The lowest BCUT2D eigenvalue weighted by molar-refractivity contribution is -0.128. The fourth-order valence-corrected chi connectivity index (χ4v) is 4.45. The average molecular weight is 409 g/mol. The van der Waals surface area contributed by atoms with Crippen LogP contribution < -0.4 is 5.32 Å². The number of aromatic nitrogens is 3. The van der Waals surface area contributed by atoms with Crippen LogP contribution in [0.4, 0.5) is 0 Å². The molecule has 0 radical (unpaired) electrons. The van der Waals surface area contributed by atoms with Gasteiger partial charge in [0.2, 0.25) is 5.91 Å². The summed E-state index contributed by atoms with van der Waals surface area (Å²) in [5, 5.41) is 8.09. The zero-order valence-corrected chi connectivity index (χ0v) is 17.3. The summed E-state index contributed by atoms with van der Waals surface area (Å²) in [7, 11) is 0. The minimum absolute atomic E-state index is 0.0901. The summed E-state index contributed by atoms with van der Waals surface area (Å²) in [5.74, 6) is 0.0901. The third kappa shape index (κ3) is 4.06. The standard InChI is InChI=1S/C23H25ClN4O/c1-17(18-8-10-21(11-9-18)28-16-25-15-26-28)27-22(29)23(12-3-2-4-13-23)19-6-5-7-20(24)14-19/h5-11,14-17H,2-4,12-13H2,1H3,(H,27,29). The van der Waals surface area contributed by atoms with Gasteiger partial charge in [-0.2, -0.15) is 5.10 Å². The summed E-state index contributed by atoms with van der Waals surface area (Å²) in [6.07, 6.45) is 8.18. The molecule has 0 bridgehead atoms. The predicted octanol–water partition coefficient (Wildman–Crippen LogP) is 5.00. The van der Waals surface area contributed by atoms with E-state index in [1.165, 1.54) is 12.7 Å².